The molecular formula is C16H16N4O. The monoisotopic (exact) mass is 280 g/mol. The molecule has 0 amide bonds. The fourth-order valence-electron chi connectivity index (χ4n) is 2.35. The van der Waals surface area contributed by atoms with Crippen LogP contribution in [-0.2, 0) is 7.05 Å². The van der Waals surface area contributed by atoms with Crippen LogP contribution in [0.5, 0.6) is 5.75 Å². The van der Waals surface area contributed by atoms with Crippen LogP contribution >= 0.6 is 0 Å². The largest absolute Gasteiger partial charge is 0.497 e. The van der Waals surface area contributed by atoms with Crippen molar-refractivity contribution in [1.82, 2.24) is 14.5 Å². The van der Waals surface area contributed by atoms with E-state index < -0.39 is 0 Å². The van der Waals surface area contributed by atoms with Crippen LogP contribution in [-0.4, -0.2) is 21.6 Å². The van der Waals surface area contributed by atoms with Crippen LogP contribution in [0.4, 0.5) is 0 Å². The van der Waals surface area contributed by atoms with Gasteiger partial charge >= 0.3 is 0 Å². The Morgan fingerprint density at radius 2 is 2.19 bits per heavy atom. The third-order valence-corrected chi connectivity index (χ3v) is 3.39. The Kier molecular flexibility index (Phi) is 3.31. The van der Waals surface area contributed by atoms with Crippen LogP contribution in [0, 0.1) is 0 Å². The van der Waals surface area contributed by atoms with Gasteiger partial charge in [0.1, 0.15) is 5.75 Å². The average Bonchev–Trinajstić information content (AvgIpc) is 2.85. The molecular weight excluding hydrogens is 264 g/mol. The molecule has 5 nitrogen and oxygen atoms in total. The zero-order valence-electron chi connectivity index (χ0n) is 11.9. The van der Waals surface area contributed by atoms with Crippen LogP contribution in [0.25, 0.3) is 22.7 Å². The highest BCUT2D eigenvalue weighted by Crippen LogP contribution is 2.28. The summed E-state index contributed by atoms with van der Waals surface area (Å²) in [5.74, 6) is 0.808. The van der Waals surface area contributed by atoms with E-state index in [0.717, 1.165) is 27.9 Å². The lowest BCUT2D eigenvalue weighted by atomic mass is 10.1. The van der Waals surface area contributed by atoms with E-state index in [0.29, 0.717) is 5.70 Å². The summed E-state index contributed by atoms with van der Waals surface area (Å²) in [6.45, 7) is 0. The first-order valence-electron chi connectivity index (χ1n) is 6.55. The van der Waals surface area contributed by atoms with E-state index in [9.17, 15) is 0 Å². The van der Waals surface area contributed by atoms with Gasteiger partial charge in [-0.3, -0.25) is 9.97 Å². The summed E-state index contributed by atoms with van der Waals surface area (Å²) >= 11 is 0. The summed E-state index contributed by atoms with van der Waals surface area (Å²) < 4.78 is 7.34. The highest BCUT2D eigenvalue weighted by Gasteiger charge is 2.10. The molecule has 5 heteroatoms. The third kappa shape index (κ3) is 2.45. The number of ether oxygens (including phenoxy) is 1. The Bertz CT molecular complexity index is 806. The molecule has 21 heavy (non-hydrogen) atoms. The summed E-state index contributed by atoms with van der Waals surface area (Å²) in [6.07, 6.45) is 8.79. The number of nitrogens with two attached hydrogens (primary N) is 1. The van der Waals surface area contributed by atoms with Crippen LogP contribution in [0.15, 0.2) is 43.0 Å². The molecule has 1 aromatic carbocycles. The quantitative estimate of drug-likeness (QED) is 0.800. The topological polar surface area (TPSA) is 66.0 Å². The molecule has 0 aliphatic carbocycles. The first-order chi connectivity index (χ1) is 10.2. The first kappa shape index (κ1) is 13.2. The van der Waals surface area contributed by atoms with Crippen molar-refractivity contribution in [1.29, 1.82) is 0 Å². The second kappa shape index (κ2) is 5.28. The molecule has 0 aliphatic rings. The van der Waals surface area contributed by atoms with Crippen molar-refractivity contribution in [3.05, 3.63) is 54.2 Å². The van der Waals surface area contributed by atoms with Crippen molar-refractivity contribution in [2.75, 3.05) is 7.11 Å². The number of methoxy groups -OCH3 is 1. The molecule has 0 saturated heterocycles. The lowest BCUT2D eigenvalue weighted by Crippen LogP contribution is -1.96. The first-order valence-corrected chi connectivity index (χ1v) is 6.55. The molecule has 0 fully saturated rings. The molecule has 3 rings (SSSR count). The van der Waals surface area contributed by atoms with E-state index in [2.05, 4.69) is 9.97 Å². The zero-order valence-corrected chi connectivity index (χ0v) is 11.9. The number of hydrogen-bond donors (Lipinski definition) is 1. The van der Waals surface area contributed by atoms with E-state index in [1.165, 1.54) is 0 Å². The summed E-state index contributed by atoms with van der Waals surface area (Å²) in [7, 11) is 3.65. The van der Waals surface area contributed by atoms with Crippen LogP contribution < -0.4 is 10.5 Å². The van der Waals surface area contributed by atoms with Crippen LogP contribution in [0.2, 0.25) is 0 Å². The Morgan fingerprint density at radius 3 is 2.90 bits per heavy atom. The Morgan fingerprint density at radius 1 is 1.33 bits per heavy atom. The number of rotatable bonds is 3. The van der Waals surface area contributed by atoms with Crippen LogP contribution in [0.1, 0.15) is 11.3 Å². The molecule has 2 heterocycles. The van der Waals surface area contributed by atoms with E-state index in [-0.39, 0.29) is 0 Å². The Balaban J connectivity index is 2.13. The smallest absolute Gasteiger partial charge is 0.119 e. The Hall–Kier alpha value is -2.82. The summed E-state index contributed by atoms with van der Waals surface area (Å²) in [4.78, 5) is 8.25. The summed E-state index contributed by atoms with van der Waals surface area (Å²) in [5.41, 5.74) is 9.67. The molecule has 0 saturated carbocycles. The number of hydrogen-bond acceptors (Lipinski definition) is 4. The van der Waals surface area contributed by atoms with E-state index in [4.69, 9.17) is 10.5 Å². The fourth-order valence-corrected chi connectivity index (χ4v) is 2.35. The van der Waals surface area contributed by atoms with Crippen molar-refractivity contribution < 1.29 is 4.74 Å². The van der Waals surface area contributed by atoms with Crippen molar-refractivity contribution in [2.24, 2.45) is 12.8 Å². The molecule has 0 radical (unpaired) electrons. The van der Waals surface area contributed by atoms with Crippen molar-refractivity contribution in [3.63, 3.8) is 0 Å². The predicted octanol–water partition coefficient (Wildman–Crippen LogP) is 2.43. The van der Waals surface area contributed by atoms with Gasteiger partial charge in [0, 0.05) is 47.8 Å². The van der Waals surface area contributed by atoms with Crippen molar-refractivity contribution in [3.8, 4) is 5.75 Å². The maximum atomic E-state index is 6.24. The maximum Gasteiger partial charge on any atom is 0.119 e. The van der Waals surface area contributed by atoms with Gasteiger partial charge in [0.05, 0.1) is 19.0 Å². The van der Waals surface area contributed by atoms with E-state index in [1.54, 1.807) is 25.7 Å². The highest BCUT2D eigenvalue weighted by molar-refractivity contribution is 5.96. The third-order valence-electron chi connectivity index (χ3n) is 3.39. The average molecular weight is 280 g/mol. The summed E-state index contributed by atoms with van der Waals surface area (Å²) in [5, 5.41) is 1.05. The number of aryl methyl sites for hydroxylation is 1. The fraction of sp³-hybridized carbons (Fsp3) is 0.125. The molecule has 0 atom stereocenters. The molecule has 2 aromatic heterocycles. The van der Waals surface area contributed by atoms with Crippen molar-refractivity contribution >= 4 is 22.7 Å². The normalized spacial score (nSPS) is 11.8. The molecule has 0 aliphatic heterocycles. The SMILES string of the molecule is COc1ccc2c(c1)c(/C(N)=C/c1cnccn1)cn2C. The summed E-state index contributed by atoms with van der Waals surface area (Å²) in [6, 6.07) is 5.95. The minimum absolute atomic E-state index is 0.648. The number of nitrogens with zero attached hydrogens (tertiary/aromatic N) is 3. The van der Waals surface area contributed by atoms with Gasteiger partial charge in [-0.1, -0.05) is 0 Å². The number of fused-ring (bicyclic) bond motifs is 1. The van der Waals surface area contributed by atoms with Crippen molar-refractivity contribution in [2.45, 2.75) is 0 Å². The van der Waals surface area contributed by atoms with Gasteiger partial charge in [-0.2, -0.15) is 0 Å². The molecule has 0 spiro atoms. The van der Waals surface area contributed by atoms with Gasteiger partial charge in [0.25, 0.3) is 0 Å². The lowest BCUT2D eigenvalue weighted by Gasteiger charge is -2.03. The zero-order chi connectivity index (χ0) is 14.8. The minimum atomic E-state index is 0.648. The molecule has 3 aromatic rings. The van der Waals surface area contributed by atoms with Gasteiger partial charge in [0.2, 0.25) is 0 Å². The number of benzene rings is 1. The molecule has 0 bridgehead atoms. The van der Waals surface area contributed by atoms with Gasteiger partial charge in [-0.25, -0.2) is 0 Å². The second-order valence-electron chi connectivity index (χ2n) is 4.77. The number of aromatic nitrogens is 3. The highest BCUT2D eigenvalue weighted by atomic mass is 16.5. The van der Waals surface area contributed by atoms with Gasteiger partial charge in [-0.15, -0.1) is 0 Å². The Labute approximate surface area is 122 Å². The van der Waals surface area contributed by atoms with Gasteiger partial charge in [-0.05, 0) is 24.3 Å². The molecule has 2 N–H and O–H groups in total. The minimum Gasteiger partial charge on any atom is -0.497 e. The van der Waals surface area contributed by atoms with Gasteiger partial charge in [0.15, 0.2) is 0 Å². The van der Waals surface area contributed by atoms with Crippen LogP contribution in [0.3, 0.4) is 0 Å². The standard InChI is InChI=1S/C16H16N4O/c1-20-10-14(13-8-12(21-2)3-4-16(13)20)15(17)7-11-9-18-5-6-19-11/h3-10H,17H2,1-2H3/b15-7-. The second-order valence-corrected chi connectivity index (χ2v) is 4.77. The van der Waals surface area contributed by atoms with E-state index in [1.807, 2.05) is 42.1 Å². The van der Waals surface area contributed by atoms with E-state index >= 15 is 0 Å². The molecule has 106 valence electrons. The maximum absolute atomic E-state index is 6.24. The predicted molar refractivity (Wildman–Crippen MR) is 83.6 cm³/mol. The lowest BCUT2D eigenvalue weighted by molar-refractivity contribution is 0.415. The van der Waals surface area contributed by atoms with Gasteiger partial charge < -0.3 is 15.0 Å². The molecule has 0 unspecified atom stereocenters.